The second kappa shape index (κ2) is 10.6. The molecule has 178 valence electrons. The molecule has 0 saturated carbocycles. The first-order valence-corrected chi connectivity index (χ1v) is 11.8. The molecule has 1 aliphatic heterocycles. The van der Waals surface area contributed by atoms with Crippen molar-refractivity contribution in [2.24, 2.45) is 0 Å². The first kappa shape index (κ1) is 23.7. The van der Waals surface area contributed by atoms with Crippen molar-refractivity contribution in [1.29, 1.82) is 0 Å². The average Bonchev–Trinajstić information content (AvgIpc) is 2.84. The molecule has 1 aliphatic rings. The van der Waals surface area contributed by atoms with Crippen molar-refractivity contribution >= 4 is 5.91 Å². The zero-order valence-electron chi connectivity index (χ0n) is 20.5. The maximum atomic E-state index is 13.4. The topological polar surface area (TPSA) is 48.0 Å². The highest BCUT2D eigenvalue weighted by atomic mass is 16.5. The molecule has 0 saturated heterocycles. The van der Waals surface area contributed by atoms with E-state index in [-0.39, 0.29) is 11.9 Å². The van der Waals surface area contributed by atoms with Gasteiger partial charge in [-0.3, -0.25) is 4.79 Å². The molecule has 4 rings (SSSR count). The molecule has 3 aromatic rings. The molecule has 0 aliphatic carbocycles. The number of hydrogen-bond acceptors (Lipinski definition) is 4. The van der Waals surface area contributed by atoms with Crippen LogP contribution >= 0.6 is 0 Å². The molecule has 34 heavy (non-hydrogen) atoms. The fraction of sp³-hybridized carbons (Fsp3) is 0.345. The summed E-state index contributed by atoms with van der Waals surface area (Å²) in [7, 11) is 3.28. The van der Waals surface area contributed by atoms with Gasteiger partial charge in [-0.25, -0.2) is 0 Å². The SMILES string of the molecule is COc1cc2c(cc1OC)C(COc1cc(C)cc(C)c1)N(C(=O)CCc1ccccc1)CC2. The van der Waals surface area contributed by atoms with Crippen molar-refractivity contribution in [1.82, 2.24) is 4.90 Å². The number of aryl methyl sites for hydroxylation is 3. The number of nitrogens with zero attached hydrogens (tertiary/aromatic N) is 1. The molecule has 1 heterocycles. The van der Waals surface area contributed by atoms with Gasteiger partial charge in [-0.05, 0) is 78.8 Å². The van der Waals surface area contributed by atoms with Crippen LogP contribution < -0.4 is 14.2 Å². The highest BCUT2D eigenvalue weighted by Gasteiger charge is 2.32. The van der Waals surface area contributed by atoms with E-state index in [2.05, 4.69) is 32.0 Å². The minimum atomic E-state index is -0.201. The van der Waals surface area contributed by atoms with Crippen LogP contribution in [-0.2, 0) is 17.6 Å². The monoisotopic (exact) mass is 459 g/mol. The second-order valence-corrected chi connectivity index (χ2v) is 8.88. The molecule has 1 amide bonds. The van der Waals surface area contributed by atoms with Crippen molar-refractivity contribution in [3.05, 3.63) is 88.5 Å². The third kappa shape index (κ3) is 5.36. The highest BCUT2D eigenvalue weighted by molar-refractivity contribution is 5.77. The Kier molecular flexibility index (Phi) is 7.41. The Labute approximate surface area is 202 Å². The van der Waals surface area contributed by atoms with E-state index in [9.17, 15) is 4.79 Å². The average molecular weight is 460 g/mol. The summed E-state index contributed by atoms with van der Waals surface area (Å²) in [4.78, 5) is 15.4. The van der Waals surface area contributed by atoms with E-state index in [0.717, 1.165) is 35.3 Å². The van der Waals surface area contributed by atoms with Gasteiger partial charge in [0.15, 0.2) is 11.5 Å². The fourth-order valence-corrected chi connectivity index (χ4v) is 4.74. The van der Waals surface area contributed by atoms with E-state index in [1.54, 1.807) is 14.2 Å². The first-order chi connectivity index (χ1) is 16.5. The lowest BCUT2D eigenvalue weighted by Gasteiger charge is -2.38. The van der Waals surface area contributed by atoms with Gasteiger partial charge < -0.3 is 19.1 Å². The first-order valence-electron chi connectivity index (χ1n) is 11.8. The largest absolute Gasteiger partial charge is 0.493 e. The molecule has 3 aromatic carbocycles. The van der Waals surface area contributed by atoms with E-state index in [1.807, 2.05) is 47.4 Å². The Morgan fingerprint density at radius 3 is 2.29 bits per heavy atom. The molecule has 0 spiro atoms. The number of fused-ring (bicyclic) bond motifs is 1. The number of benzene rings is 3. The van der Waals surface area contributed by atoms with Gasteiger partial charge in [-0.15, -0.1) is 0 Å². The summed E-state index contributed by atoms with van der Waals surface area (Å²) in [6, 6.07) is 20.2. The Morgan fingerprint density at radius 2 is 1.62 bits per heavy atom. The summed E-state index contributed by atoms with van der Waals surface area (Å²) in [5.41, 5.74) is 5.70. The van der Waals surface area contributed by atoms with Crippen LogP contribution in [0.25, 0.3) is 0 Å². The summed E-state index contributed by atoms with van der Waals surface area (Å²) in [6.45, 7) is 5.15. The lowest BCUT2D eigenvalue weighted by molar-refractivity contribution is -0.134. The number of methoxy groups -OCH3 is 2. The van der Waals surface area contributed by atoms with Crippen LogP contribution in [-0.4, -0.2) is 38.2 Å². The zero-order chi connectivity index (χ0) is 24.1. The third-order valence-corrected chi connectivity index (χ3v) is 6.40. The van der Waals surface area contributed by atoms with Crippen molar-refractivity contribution in [2.75, 3.05) is 27.4 Å². The Balaban J connectivity index is 1.61. The highest BCUT2D eigenvalue weighted by Crippen LogP contribution is 2.38. The predicted octanol–water partition coefficient (Wildman–Crippen LogP) is 5.46. The number of hydrogen-bond donors (Lipinski definition) is 0. The van der Waals surface area contributed by atoms with E-state index in [0.29, 0.717) is 31.1 Å². The maximum Gasteiger partial charge on any atom is 0.223 e. The van der Waals surface area contributed by atoms with Crippen LogP contribution in [0.4, 0.5) is 0 Å². The van der Waals surface area contributed by atoms with Crippen LogP contribution in [0.1, 0.15) is 40.3 Å². The molecule has 0 N–H and O–H groups in total. The van der Waals surface area contributed by atoms with Crippen LogP contribution in [0.5, 0.6) is 17.2 Å². The van der Waals surface area contributed by atoms with Gasteiger partial charge in [0, 0.05) is 13.0 Å². The molecule has 5 nitrogen and oxygen atoms in total. The number of ether oxygens (including phenoxy) is 3. The number of amides is 1. The predicted molar refractivity (Wildman–Crippen MR) is 134 cm³/mol. The van der Waals surface area contributed by atoms with Gasteiger partial charge in [0.1, 0.15) is 12.4 Å². The standard InChI is InChI=1S/C29H33NO4/c1-20-14-21(2)16-24(15-20)34-19-26-25-18-28(33-4)27(32-3)17-23(25)12-13-30(26)29(31)11-10-22-8-6-5-7-9-22/h5-9,14-18,26H,10-13,19H2,1-4H3. The molecule has 0 fully saturated rings. The maximum absolute atomic E-state index is 13.4. The summed E-state index contributed by atoms with van der Waals surface area (Å²) in [6.07, 6.45) is 1.96. The summed E-state index contributed by atoms with van der Waals surface area (Å²) in [5, 5.41) is 0. The number of carbonyl (C=O) groups is 1. The van der Waals surface area contributed by atoms with Gasteiger partial charge in [-0.1, -0.05) is 36.4 Å². The molecular weight excluding hydrogens is 426 g/mol. The molecule has 1 atom stereocenters. The minimum absolute atomic E-state index is 0.137. The van der Waals surface area contributed by atoms with Gasteiger partial charge in [0.05, 0.1) is 20.3 Å². The minimum Gasteiger partial charge on any atom is -0.493 e. The van der Waals surface area contributed by atoms with Crippen LogP contribution in [0.2, 0.25) is 0 Å². The summed E-state index contributed by atoms with van der Waals surface area (Å²) < 4.78 is 17.4. The molecule has 0 aromatic heterocycles. The van der Waals surface area contributed by atoms with Gasteiger partial charge in [0.25, 0.3) is 0 Å². The number of carbonyl (C=O) groups excluding carboxylic acids is 1. The second-order valence-electron chi connectivity index (χ2n) is 8.88. The lowest BCUT2D eigenvalue weighted by Crippen LogP contribution is -2.42. The van der Waals surface area contributed by atoms with Crippen LogP contribution in [0, 0.1) is 13.8 Å². The van der Waals surface area contributed by atoms with Crippen molar-refractivity contribution in [3.63, 3.8) is 0 Å². The van der Waals surface area contributed by atoms with Gasteiger partial charge in [0.2, 0.25) is 5.91 Å². The van der Waals surface area contributed by atoms with Crippen molar-refractivity contribution in [3.8, 4) is 17.2 Å². The molecule has 1 unspecified atom stereocenters. The van der Waals surface area contributed by atoms with E-state index in [1.165, 1.54) is 11.1 Å². The van der Waals surface area contributed by atoms with E-state index in [4.69, 9.17) is 14.2 Å². The van der Waals surface area contributed by atoms with Crippen molar-refractivity contribution < 1.29 is 19.0 Å². The Bertz CT molecular complexity index is 1120. The lowest BCUT2D eigenvalue weighted by atomic mass is 9.91. The Morgan fingerprint density at radius 1 is 0.941 bits per heavy atom. The van der Waals surface area contributed by atoms with Crippen LogP contribution in [0.15, 0.2) is 60.7 Å². The molecular formula is C29H33NO4. The Hall–Kier alpha value is -3.47. The van der Waals surface area contributed by atoms with Crippen molar-refractivity contribution in [2.45, 2.75) is 39.2 Å². The normalized spacial score (nSPS) is 14.9. The fourth-order valence-electron chi connectivity index (χ4n) is 4.74. The third-order valence-electron chi connectivity index (χ3n) is 6.40. The van der Waals surface area contributed by atoms with E-state index < -0.39 is 0 Å². The van der Waals surface area contributed by atoms with E-state index >= 15 is 0 Å². The summed E-state index contributed by atoms with van der Waals surface area (Å²) >= 11 is 0. The smallest absolute Gasteiger partial charge is 0.223 e. The van der Waals surface area contributed by atoms with Crippen LogP contribution in [0.3, 0.4) is 0 Å². The molecule has 0 radical (unpaired) electrons. The van der Waals surface area contributed by atoms with Gasteiger partial charge in [-0.2, -0.15) is 0 Å². The summed E-state index contributed by atoms with van der Waals surface area (Å²) in [5.74, 6) is 2.33. The molecule has 5 heteroatoms. The molecule has 0 bridgehead atoms. The number of rotatable bonds is 8. The quantitative estimate of drug-likeness (QED) is 0.449. The zero-order valence-corrected chi connectivity index (χ0v) is 20.5. The van der Waals surface area contributed by atoms with Gasteiger partial charge >= 0.3 is 0 Å².